The largest absolute Gasteiger partial charge is 0.490 e. The van der Waals surface area contributed by atoms with Gasteiger partial charge < -0.3 is 14.8 Å². The summed E-state index contributed by atoms with van der Waals surface area (Å²) in [5.41, 5.74) is 1.22. The molecule has 0 bridgehead atoms. The van der Waals surface area contributed by atoms with Crippen molar-refractivity contribution in [1.82, 2.24) is 5.32 Å². The Labute approximate surface area is 150 Å². The Morgan fingerprint density at radius 2 is 1.74 bits per heavy atom. The second-order valence-electron chi connectivity index (χ2n) is 5.78. The molecule has 0 saturated carbocycles. The first-order valence-corrected chi connectivity index (χ1v) is 9.80. The van der Waals surface area contributed by atoms with Crippen LogP contribution >= 0.6 is 15.9 Å². The molecule has 0 amide bonds. The predicted octanol–water partition coefficient (Wildman–Crippen LogP) is 5.70. The van der Waals surface area contributed by atoms with Crippen LogP contribution in [-0.2, 0) is 6.54 Å². The lowest BCUT2D eigenvalue weighted by Crippen LogP contribution is -2.15. The van der Waals surface area contributed by atoms with Crippen molar-refractivity contribution in [1.29, 1.82) is 0 Å². The fraction of sp³-hybridized carbons (Fsp3) is 0.684. The smallest absolute Gasteiger partial charge is 0.175 e. The summed E-state index contributed by atoms with van der Waals surface area (Å²) in [5, 5.41) is 3.52. The van der Waals surface area contributed by atoms with Gasteiger partial charge >= 0.3 is 0 Å². The molecule has 0 spiro atoms. The summed E-state index contributed by atoms with van der Waals surface area (Å²) < 4.78 is 12.5. The highest BCUT2D eigenvalue weighted by Crippen LogP contribution is 2.37. The molecule has 1 aromatic rings. The molecule has 23 heavy (non-hydrogen) atoms. The molecule has 1 N–H and O–H groups in total. The van der Waals surface area contributed by atoms with Crippen LogP contribution in [-0.4, -0.2) is 19.8 Å². The van der Waals surface area contributed by atoms with Crippen molar-refractivity contribution in [2.24, 2.45) is 0 Å². The summed E-state index contributed by atoms with van der Waals surface area (Å²) in [5.74, 6) is 1.65. The maximum absolute atomic E-state index is 5.81. The van der Waals surface area contributed by atoms with Gasteiger partial charge in [-0.2, -0.15) is 0 Å². The van der Waals surface area contributed by atoms with Crippen LogP contribution in [0.15, 0.2) is 16.6 Å². The normalized spacial score (nSPS) is 10.8. The highest BCUT2D eigenvalue weighted by molar-refractivity contribution is 9.10. The van der Waals surface area contributed by atoms with Gasteiger partial charge in [0, 0.05) is 6.54 Å². The zero-order valence-electron chi connectivity index (χ0n) is 14.9. The molecule has 132 valence electrons. The molecule has 0 saturated heterocycles. The van der Waals surface area contributed by atoms with E-state index in [-0.39, 0.29) is 0 Å². The lowest BCUT2D eigenvalue weighted by molar-refractivity contribution is 0.275. The lowest BCUT2D eigenvalue weighted by atomic mass is 10.1. The van der Waals surface area contributed by atoms with Crippen molar-refractivity contribution >= 4 is 15.9 Å². The van der Waals surface area contributed by atoms with Gasteiger partial charge in [-0.25, -0.2) is 0 Å². The van der Waals surface area contributed by atoms with Gasteiger partial charge in [0.15, 0.2) is 11.5 Å². The zero-order valence-corrected chi connectivity index (χ0v) is 16.5. The lowest BCUT2D eigenvalue weighted by Gasteiger charge is -2.15. The number of halogens is 1. The van der Waals surface area contributed by atoms with Crippen LogP contribution in [0.3, 0.4) is 0 Å². The number of hydrogen-bond acceptors (Lipinski definition) is 3. The molecule has 0 aromatic heterocycles. The van der Waals surface area contributed by atoms with E-state index in [0.29, 0.717) is 13.2 Å². The van der Waals surface area contributed by atoms with E-state index >= 15 is 0 Å². The van der Waals surface area contributed by atoms with Crippen molar-refractivity contribution in [2.75, 3.05) is 19.8 Å². The van der Waals surface area contributed by atoms with Crippen LogP contribution < -0.4 is 14.8 Å². The summed E-state index contributed by atoms with van der Waals surface area (Å²) >= 11 is 3.62. The van der Waals surface area contributed by atoms with Crippen LogP contribution in [0, 0.1) is 0 Å². The van der Waals surface area contributed by atoms with E-state index in [1.54, 1.807) is 0 Å². The number of nitrogens with one attached hydrogen (secondary N) is 1. The van der Waals surface area contributed by atoms with Crippen LogP contribution in [0.25, 0.3) is 0 Å². The standard InChI is InChI=1S/C19H32BrNO2/c1-4-7-8-9-10-11-21-15-16-13-17(20)19(23-12-5-2)18(14-16)22-6-3/h13-14,21H,4-12,15H2,1-3H3. The quantitative estimate of drug-likeness (QED) is 0.442. The van der Waals surface area contributed by atoms with Gasteiger partial charge in [0.2, 0.25) is 0 Å². The van der Waals surface area contributed by atoms with Gasteiger partial charge in [-0.3, -0.25) is 0 Å². The first-order chi connectivity index (χ1) is 11.2. The third-order valence-corrected chi connectivity index (χ3v) is 4.19. The molecule has 1 rings (SSSR count). The first-order valence-electron chi connectivity index (χ1n) is 9.01. The minimum Gasteiger partial charge on any atom is -0.490 e. The summed E-state index contributed by atoms with van der Waals surface area (Å²) in [6.07, 6.45) is 7.55. The Bertz CT molecular complexity index is 438. The molecule has 0 aliphatic carbocycles. The van der Waals surface area contributed by atoms with Crippen molar-refractivity contribution in [3.63, 3.8) is 0 Å². The number of rotatable bonds is 13. The minimum absolute atomic E-state index is 0.642. The van der Waals surface area contributed by atoms with E-state index in [9.17, 15) is 0 Å². The summed E-state index contributed by atoms with van der Waals surface area (Å²) in [6, 6.07) is 4.21. The maximum atomic E-state index is 5.81. The summed E-state index contributed by atoms with van der Waals surface area (Å²) in [6.45, 7) is 9.63. The van der Waals surface area contributed by atoms with Gasteiger partial charge in [0.1, 0.15) is 0 Å². The third kappa shape index (κ3) is 8.07. The average molecular weight is 386 g/mol. The molecule has 3 nitrogen and oxygen atoms in total. The predicted molar refractivity (Wildman–Crippen MR) is 102 cm³/mol. The van der Waals surface area contributed by atoms with Crippen molar-refractivity contribution < 1.29 is 9.47 Å². The van der Waals surface area contributed by atoms with E-state index in [1.807, 2.05) is 6.92 Å². The Morgan fingerprint density at radius 3 is 2.43 bits per heavy atom. The second kappa shape index (κ2) is 12.7. The molecular formula is C19H32BrNO2. The van der Waals surface area contributed by atoms with Gasteiger partial charge in [0.25, 0.3) is 0 Å². The molecule has 0 atom stereocenters. The number of unbranched alkanes of at least 4 members (excludes halogenated alkanes) is 4. The van der Waals surface area contributed by atoms with E-state index < -0.39 is 0 Å². The molecule has 0 aliphatic heterocycles. The van der Waals surface area contributed by atoms with E-state index in [1.165, 1.54) is 37.7 Å². The van der Waals surface area contributed by atoms with Crippen molar-refractivity contribution in [2.45, 2.75) is 65.8 Å². The molecular weight excluding hydrogens is 354 g/mol. The van der Waals surface area contributed by atoms with E-state index in [4.69, 9.17) is 9.47 Å². The number of benzene rings is 1. The number of hydrogen-bond donors (Lipinski definition) is 1. The first kappa shape index (κ1) is 20.3. The fourth-order valence-corrected chi connectivity index (χ4v) is 3.02. The zero-order chi connectivity index (χ0) is 16.9. The Morgan fingerprint density at radius 1 is 0.957 bits per heavy atom. The Balaban J connectivity index is 2.52. The molecule has 0 fully saturated rings. The summed E-state index contributed by atoms with van der Waals surface area (Å²) in [4.78, 5) is 0. The van der Waals surface area contributed by atoms with Crippen LogP contribution in [0.5, 0.6) is 11.5 Å². The number of ether oxygens (including phenoxy) is 2. The van der Waals surface area contributed by atoms with Crippen LogP contribution in [0.1, 0.15) is 64.9 Å². The second-order valence-corrected chi connectivity index (χ2v) is 6.63. The highest BCUT2D eigenvalue weighted by atomic mass is 79.9. The third-order valence-electron chi connectivity index (χ3n) is 3.61. The van der Waals surface area contributed by atoms with Gasteiger partial charge in [-0.1, -0.05) is 39.5 Å². The Kier molecular flexibility index (Phi) is 11.2. The van der Waals surface area contributed by atoms with E-state index in [2.05, 4.69) is 47.2 Å². The monoisotopic (exact) mass is 385 g/mol. The fourth-order valence-electron chi connectivity index (χ4n) is 2.42. The molecule has 4 heteroatoms. The van der Waals surface area contributed by atoms with E-state index in [0.717, 1.165) is 35.5 Å². The van der Waals surface area contributed by atoms with Crippen LogP contribution in [0.2, 0.25) is 0 Å². The SMILES string of the molecule is CCCCCCCNCc1cc(Br)c(OCCC)c(OCC)c1. The average Bonchev–Trinajstić information content (AvgIpc) is 2.53. The van der Waals surface area contributed by atoms with Crippen molar-refractivity contribution in [3.05, 3.63) is 22.2 Å². The molecule has 1 aromatic carbocycles. The van der Waals surface area contributed by atoms with Gasteiger partial charge in [0.05, 0.1) is 17.7 Å². The van der Waals surface area contributed by atoms with Gasteiger partial charge in [-0.15, -0.1) is 0 Å². The molecule has 0 heterocycles. The highest BCUT2D eigenvalue weighted by Gasteiger charge is 2.12. The Hall–Kier alpha value is -0.740. The maximum Gasteiger partial charge on any atom is 0.175 e. The summed E-state index contributed by atoms with van der Waals surface area (Å²) in [7, 11) is 0. The molecule has 0 radical (unpaired) electrons. The molecule has 0 unspecified atom stereocenters. The van der Waals surface area contributed by atoms with Crippen LogP contribution in [0.4, 0.5) is 0 Å². The topological polar surface area (TPSA) is 30.5 Å². The minimum atomic E-state index is 0.642. The molecule has 0 aliphatic rings. The van der Waals surface area contributed by atoms with Crippen molar-refractivity contribution in [3.8, 4) is 11.5 Å². The van der Waals surface area contributed by atoms with Gasteiger partial charge in [-0.05, 0) is 59.9 Å².